The van der Waals surface area contributed by atoms with E-state index in [1.165, 1.54) is 17.2 Å². The molecule has 0 aliphatic carbocycles. The van der Waals surface area contributed by atoms with E-state index < -0.39 is 5.79 Å². The van der Waals surface area contributed by atoms with Crippen LogP contribution in [0.3, 0.4) is 0 Å². The number of para-hydroxylation sites is 1. The summed E-state index contributed by atoms with van der Waals surface area (Å²) in [5.74, 6) is 0.176. The van der Waals surface area contributed by atoms with Crippen LogP contribution in [0.5, 0.6) is 5.75 Å². The first-order chi connectivity index (χ1) is 15.0. The highest BCUT2D eigenvalue weighted by molar-refractivity contribution is 6.12. The molecule has 5 N–H and O–H groups in total. The molecule has 0 saturated heterocycles. The van der Waals surface area contributed by atoms with E-state index in [4.69, 9.17) is 15.5 Å². The van der Waals surface area contributed by atoms with Crippen molar-refractivity contribution in [2.45, 2.75) is 18.8 Å². The van der Waals surface area contributed by atoms with E-state index in [1.54, 1.807) is 31.5 Å². The number of aliphatic imine (C=N–C) groups is 1. The van der Waals surface area contributed by atoms with Gasteiger partial charge in [-0.15, -0.1) is 0 Å². The third-order valence-corrected chi connectivity index (χ3v) is 5.87. The second-order valence-electron chi connectivity index (χ2n) is 8.03. The predicted molar refractivity (Wildman–Crippen MR) is 120 cm³/mol. The quantitative estimate of drug-likeness (QED) is 0.522. The van der Waals surface area contributed by atoms with Crippen molar-refractivity contribution in [2.24, 2.45) is 10.7 Å². The highest BCUT2D eigenvalue weighted by Gasteiger charge is 2.37. The fourth-order valence-corrected chi connectivity index (χ4v) is 4.23. The van der Waals surface area contributed by atoms with Gasteiger partial charge in [0.05, 0.1) is 23.9 Å². The van der Waals surface area contributed by atoms with Crippen LogP contribution in [-0.2, 0) is 18.8 Å². The van der Waals surface area contributed by atoms with Crippen molar-refractivity contribution in [1.82, 2.24) is 9.88 Å². The Balaban J connectivity index is 1.62. The molecule has 1 unspecified atom stereocenters. The number of hydrogen-bond acceptors (Lipinski definition) is 6. The van der Waals surface area contributed by atoms with Crippen molar-refractivity contribution in [3.63, 3.8) is 0 Å². The Labute approximate surface area is 180 Å². The largest absolute Gasteiger partial charge is 0.496 e. The molecule has 3 heterocycles. The Hall–Kier alpha value is -3.36. The number of anilines is 2. The Morgan fingerprint density at radius 1 is 1.23 bits per heavy atom. The molecule has 160 valence electrons. The third kappa shape index (κ3) is 3.43. The summed E-state index contributed by atoms with van der Waals surface area (Å²) in [5, 5.41) is 6.41. The molecule has 3 aromatic rings. The number of rotatable bonds is 3. The number of ether oxygens (including phenoxy) is 1. The van der Waals surface area contributed by atoms with Gasteiger partial charge in [0.25, 0.3) is 0 Å². The molecule has 0 amide bonds. The summed E-state index contributed by atoms with van der Waals surface area (Å²) in [6.45, 7) is 1.84. The normalized spacial score (nSPS) is 20.3. The lowest BCUT2D eigenvalue weighted by Crippen LogP contribution is -2.47. The molecule has 2 aliphatic heterocycles. The van der Waals surface area contributed by atoms with Gasteiger partial charge in [0.1, 0.15) is 23.2 Å². The third-order valence-electron chi connectivity index (χ3n) is 5.87. The highest BCUT2D eigenvalue weighted by Crippen LogP contribution is 2.38. The molecule has 1 atom stereocenters. The van der Waals surface area contributed by atoms with Crippen molar-refractivity contribution in [3.05, 3.63) is 76.7 Å². The Morgan fingerprint density at radius 2 is 2.06 bits per heavy atom. The van der Waals surface area contributed by atoms with Crippen LogP contribution in [0.1, 0.15) is 22.3 Å². The number of aromatic amines is 1. The number of amidine groups is 1. The number of benzene rings is 2. The van der Waals surface area contributed by atoms with E-state index in [1.807, 2.05) is 6.07 Å². The molecule has 8 heteroatoms. The average molecular weight is 420 g/mol. The van der Waals surface area contributed by atoms with Crippen LogP contribution in [0, 0.1) is 5.82 Å². The lowest BCUT2D eigenvalue weighted by molar-refractivity contribution is 0.310. The first-order valence-corrected chi connectivity index (χ1v) is 10.2. The van der Waals surface area contributed by atoms with Crippen molar-refractivity contribution in [3.8, 4) is 5.75 Å². The van der Waals surface area contributed by atoms with Gasteiger partial charge in [-0.3, -0.25) is 5.73 Å². The minimum Gasteiger partial charge on any atom is -0.496 e. The van der Waals surface area contributed by atoms with E-state index in [0.29, 0.717) is 23.1 Å². The molecular weight excluding hydrogens is 395 g/mol. The van der Waals surface area contributed by atoms with Gasteiger partial charge in [-0.25, -0.2) is 9.38 Å². The summed E-state index contributed by atoms with van der Waals surface area (Å²) in [5.41, 5.74) is 11.1. The SMILES string of the molecule is COc1cc2c(cc1C1(N)N=C(Nc3ccccc3F)c3cc[nH]c3N1)CN(C)CC2. The van der Waals surface area contributed by atoms with Crippen LogP contribution >= 0.6 is 0 Å². The smallest absolute Gasteiger partial charge is 0.216 e. The maximum atomic E-state index is 14.3. The van der Waals surface area contributed by atoms with Crippen molar-refractivity contribution >= 4 is 17.3 Å². The number of nitrogens with zero attached hydrogens (tertiary/aromatic N) is 2. The van der Waals surface area contributed by atoms with E-state index >= 15 is 0 Å². The zero-order chi connectivity index (χ0) is 21.6. The van der Waals surface area contributed by atoms with Gasteiger partial charge in [-0.05, 0) is 54.9 Å². The highest BCUT2D eigenvalue weighted by atomic mass is 19.1. The Morgan fingerprint density at radius 3 is 2.87 bits per heavy atom. The fourth-order valence-electron chi connectivity index (χ4n) is 4.23. The molecule has 0 bridgehead atoms. The van der Waals surface area contributed by atoms with Crippen LogP contribution in [0.25, 0.3) is 0 Å². The van der Waals surface area contributed by atoms with Crippen molar-refractivity contribution in [1.29, 1.82) is 0 Å². The zero-order valence-corrected chi connectivity index (χ0v) is 17.5. The van der Waals surface area contributed by atoms with Crippen molar-refractivity contribution < 1.29 is 9.13 Å². The lowest BCUT2D eigenvalue weighted by Gasteiger charge is -2.35. The number of nitrogens with two attached hydrogens (primary N) is 1. The van der Waals surface area contributed by atoms with Gasteiger partial charge in [0, 0.05) is 19.3 Å². The van der Waals surface area contributed by atoms with E-state index in [0.717, 1.165) is 30.6 Å². The summed E-state index contributed by atoms with van der Waals surface area (Å²) in [7, 11) is 3.73. The second kappa shape index (κ2) is 7.40. The number of likely N-dealkylation sites (N-methyl/N-ethyl adjacent to an activating group) is 1. The van der Waals surface area contributed by atoms with Crippen LogP contribution in [0.15, 0.2) is 53.7 Å². The van der Waals surface area contributed by atoms with Crippen LogP contribution in [-0.4, -0.2) is 36.4 Å². The van der Waals surface area contributed by atoms with Gasteiger partial charge < -0.3 is 25.3 Å². The summed E-state index contributed by atoms with van der Waals surface area (Å²) >= 11 is 0. The number of hydrogen-bond donors (Lipinski definition) is 4. The average Bonchev–Trinajstić information content (AvgIpc) is 3.22. The minimum atomic E-state index is -1.30. The second-order valence-corrected chi connectivity index (χ2v) is 8.03. The van der Waals surface area contributed by atoms with Crippen LogP contribution < -0.4 is 21.1 Å². The number of nitrogens with one attached hydrogen (secondary N) is 3. The van der Waals surface area contributed by atoms with Crippen molar-refractivity contribution in [2.75, 3.05) is 31.3 Å². The molecule has 7 nitrogen and oxygen atoms in total. The number of fused-ring (bicyclic) bond motifs is 2. The maximum Gasteiger partial charge on any atom is 0.216 e. The summed E-state index contributed by atoms with van der Waals surface area (Å²) in [6, 6.07) is 12.5. The Bertz CT molecular complexity index is 1170. The van der Waals surface area contributed by atoms with Gasteiger partial charge >= 0.3 is 0 Å². The summed E-state index contributed by atoms with van der Waals surface area (Å²) in [4.78, 5) is 10.2. The molecule has 2 aliphatic rings. The summed E-state index contributed by atoms with van der Waals surface area (Å²) < 4.78 is 20.0. The predicted octanol–water partition coefficient (Wildman–Crippen LogP) is 3.20. The topological polar surface area (TPSA) is 90.7 Å². The van der Waals surface area contributed by atoms with Gasteiger partial charge in [-0.2, -0.15) is 0 Å². The number of H-pyrrole nitrogens is 1. The molecule has 1 aromatic heterocycles. The lowest BCUT2D eigenvalue weighted by atomic mass is 9.93. The number of halogens is 1. The summed E-state index contributed by atoms with van der Waals surface area (Å²) in [6.07, 6.45) is 2.75. The monoisotopic (exact) mass is 420 g/mol. The van der Waals surface area contributed by atoms with E-state index in [2.05, 4.69) is 39.7 Å². The first kappa shape index (κ1) is 19.6. The van der Waals surface area contributed by atoms with Crippen LogP contribution in [0.2, 0.25) is 0 Å². The number of methoxy groups -OCH3 is 1. The Kier molecular flexibility index (Phi) is 4.68. The maximum absolute atomic E-state index is 14.3. The fraction of sp³-hybridized carbons (Fsp3) is 0.261. The molecule has 0 saturated carbocycles. The van der Waals surface area contributed by atoms with Gasteiger partial charge in [0.15, 0.2) is 0 Å². The first-order valence-electron chi connectivity index (χ1n) is 10.2. The van der Waals surface area contributed by atoms with Crippen LogP contribution in [0.4, 0.5) is 15.9 Å². The molecule has 0 fully saturated rings. The molecule has 0 spiro atoms. The number of aromatic nitrogens is 1. The molecule has 5 rings (SSSR count). The van der Waals surface area contributed by atoms with Gasteiger partial charge in [0.2, 0.25) is 5.79 Å². The minimum absolute atomic E-state index is 0.330. The van der Waals surface area contributed by atoms with Gasteiger partial charge in [-0.1, -0.05) is 12.1 Å². The standard InChI is InChI=1S/C23H25FN6O/c1-30-10-8-14-12-20(31-2)17(11-15(14)13-30)23(25)28-21-16(7-9-26-21)22(29-23)27-19-6-4-3-5-18(19)24/h3-7,9,11-12,26,28H,8,10,13,25H2,1-2H3,(H,27,29). The van der Waals surface area contributed by atoms with E-state index in [-0.39, 0.29) is 5.82 Å². The molecule has 2 aromatic carbocycles. The zero-order valence-electron chi connectivity index (χ0n) is 17.5. The molecule has 0 radical (unpaired) electrons. The molecular formula is C23H25FN6O. The molecule has 31 heavy (non-hydrogen) atoms. The van der Waals surface area contributed by atoms with E-state index in [9.17, 15) is 4.39 Å².